The van der Waals surface area contributed by atoms with Crippen LogP contribution in [-0.4, -0.2) is 123 Å². The van der Waals surface area contributed by atoms with Crippen LogP contribution in [0.4, 0.5) is 0 Å². The fraction of sp³-hybridized carbons (Fsp3) is 0.433. The van der Waals surface area contributed by atoms with E-state index in [0.717, 1.165) is 111 Å². The number of aryl methyl sites for hydroxylation is 2. The van der Waals surface area contributed by atoms with Gasteiger partial charge >= 0.3 is 0 Å². The van der Waals surface area contributed by atoms with Gasteiger partial charge in [0.05, 0.1) is 24.2 Å². The Hall–Kier alpha value is -6.22. The standard InChI is InChI=1S/C67H80N4O2/c1-5-8-10-12-38-68-40-46-70(47-41-68,48-42-68)54-72-66-53-65(37-35-63-32-28-61(29-33-63)25-24-59-20-18-57(7-3)19-21-59)67(73-55-71-49-43-69(44-50-71,45-51-71)39-13-11-9-6-2)52-64(66)36-34-62-30-26-60(27-31-62)23-22-58-16-14-56(4)15-17-58/h14-21,26-33,52-53H,5-13,38-51,54-55H2,1-4H3/q+4. The van der Waals surface area contributed by atoms with E-state index >= 15 is 0 Å². The number of hydrogen-bond acceptors (Lipinski definition) is 2. The van der Waals surface area contributed by atoms with Gasteiger partial charge in [0.1, 0.15) is 90.0 Å². The summed E-state index contributed by atoms with van der Waals surface area (Å²) in [7, 11) is 0. The minimum Gasteiger partial charge on any atom is -0.444 e. The van der Waals surface area contributed by atoms with Crippen LogP contribution in [-0.2, 0) is 6.42 Å². The number of quaternary nitrogens is 4. The molecule has 0 atom stereocenters. The van der Waals surface area contributed by atoms with Crippen LogP contribution in [0.25, 0.3) is 0 Å². The molecule has 4 bridgehead atoms. The molecule has 0 aromatic heterocycles. The van der Waals surface area contributed by atoms with Gasteiger partial charge in [-0.3, -0.25) is 8.97 Å². The lowest BCUT2D eigenvalue weighted by molar-refractivity contribution is -1.09. The van der Waals surface area contributed by atoms with Crippen LogP contribution in [0.3, 0.4) is 0 Å². The molecule has 0 N–H and O–H groups in total. The second kappa shape index (κ2) is 24.2. The van der Waals surface area contributed by atoms with Gasteiger partial charge in [-0.05, 0) is 117 Å². The van der Waals surface area contributed by atoms with E-state index in [-0.39, 0.29) is 0 Å². The van der Waals surface area contributed by atoms with Gasteiger partial charge in [-0.1, -0.05) is 124 Å². The molecule has 0 amide bonds. The second-order valence-corrected chi connectivity index (χ2v) is 22.1. The second-order valence-electron chi connectivity index (χ2n) is 22.1. The van der Waals surface area contributed by atoms with Gasteiger partial charge in [0.2, 0.25) is 13.5 Å². The molecule has 5 aromatic rings. The van der Waals surface area contributed by atoms with E-state index in [1.165, 1.54) is 124 Å². The first-order chi connectivity index (χ1) is 35.7. The Morgan fingerprint density at radius 3 is 0.986 bits per heavy atom. The summed E-state index contributed by atoms with van der Waals surface area (Å²) in [6.07, 6.45) is 11.7. The maximum absolute atomic E-state index is 7.07. The van der Waals surface area contributed by atoms with Crippen molar-refractivity contribution in [2.45, 2.75) is 85.5 Å². The highest BCUT2D eigenvalue weighted by atomic mass is 16.5. The Morgan fingerprint density at radius 1 is 0.356 bits per heavy atom. The van der Waals surface area contributed by atoms with E-state index in [2.05, 4.69) is 184 Å². The fourth-order valence-corrected chi connectivity index (χ4v) is 11.4. The summed E-state index contributed by atoms with van der Waals surface area (Å²) in [4.78, 5) is 0. The molecule has 5 aromatic carbocycles. The molecular formula is C67H80N4O2+4. The van der Waals surface area contributed by atoms with Gasteiger partial charge in [0.15, 0.2) is 0 Å². The van der Waals surface area contributed by atoms with E-state index in [9.17, 15) is 0 Å². The van der Waals surface area contributed by atoms with Gasteiger partial charge in [0, 0.05) is 45.5 Å². The van der Waals surface area contributed by atoms with E-state index in [1.54, 1.807) is 0 Å². The molecule has 0 spiro atoms. The van der Waals surface area contributed by atoms with Crippen molar-refractivity contribution in [1.82, 2.24) is 0 Å². The van der Waals surface area contributed by atoms with Crippen molar-refractivity contribution in [3.63, 3.8) is 0 Å². The first-order valence-electron chi connectivity index (χ1n) is 28.0. The summed E-state index contributed by atoms with van der Waals surface area (Å²) < 4.78 is 18.7. The summed E-state index contributed by atoms with van der Waals surface area (Å²) in [5.74, 6) is 29.1. The van der Waals surface area contributed by atoms with Crippen molar-refractivity contribution in [2.75, 3.05) is 105 Å². The largest absolute Gasteiger partial charge is 0.444 e. The molecule has 11 rings (SSSR count). The minimum absolute atomic E-state index is 0.635. The number of benzene rings is 5. The highest BCUT2D eigenvalue weighted by molar-refractivity contribution is 5.61. The van der Waals surface area contributed by atoms with Crippen LogP contribution in [0.2, 0.25) is 0 Å². The highest BCUT2D eigenvalue weighted by Gasteiger charge is 2.50. The van der Waals surface area contributed by atoms with Crippen molar-refractivity contribution < 1.29 is 27.4 Å². The van der Waals surface area contributed by atoms with Crippen LogP contribution in [0.1, 0.15) is 128 Å². The van der Waals surface area contributed by atoms with E-state index < -0.39 is 0 Å². The zero-order valence-corrected chi connectivity index (χ0v) is 44.7. The third kappa shape index (κ3) is 13.7. The monoisotopic (exact) mass is 973 g/mol. The van der Waals surface area contributed by atoms with Crippen molar-refractivity contribution >= 4 is 0 Å². The molecule has 6 nitrogen and oxygen atoms in total. The Morgan fingerprint density at radius 2 is 0.658 bits per heavy atom. The quantitative estimate of drug-likeness (QED) is 0.0525. The van der Waals surface area contributed by atoms with E-state index in [4.69, 9.17) is 9.47 Å². The Kier molecular flexibility index (Phi) is 17.1. The smallest absolute Gasteiger partial charge is 0.224 e. The molecule has 6 heterocycles. The number of ether oxygens (including phenoxy) is 2. The zero-order chi connectivity index (χ0) is 50.4. The molecule has 6 heteroatoms. The lowest BCUT2D eigenvalue weighted by atomic mass is 10.1. The summed E-state index contributed by atoms with van der Waals surface area (Å²) in [6, 6.07) is 37.7. The van der Waals surface area contributed by atoms with Crippen molar-refractivity contribution in [1.29, 1.82) is 0 Å². The summed E-state index contributed by atoms with van der Waals surface area (Å²) in [5.41, 5.74) is 10.1. The SMILES string of the molecule is CCCCCC[N+]12CC[N+](COc3cc(C#Cc4ccc(C#Cc5ccc(CC)cc5)cc4)c(OC[N+]45CC[N+](CCCCCC)(CC4)CC5)cc3C#Cc3ccc(C#Cc4ccc(C)cc4)cc3)(CC1)CC2. The maximum atomic E-state index is 7.07. The third-order valence-corrected chi connectivity index (χ3v) is 16.9. The molecule has 6 aliphatic rings. The molecule has 0 radical (unpaired) electrons. The third-order valence-electron chi connectivity index (χ3n) is 16.9. The molecule has 6 fully saturated rings. The average Bonchev–Trinajstić information content (AvgIpc) is 3.44. The topological polar surface area (TPSA) is 18.5 Å². The number of rotatable bonds is 17. The van der Waals surface area contributed by atoms with Crippen LogP contribution in [0.15, 0.2) is 109 Å². The van der Waals surface area contributed by atoms with Gasteiger partial charge < -0.3 is 18.4 Å². The Bertz CT molecular complexity index is 2860. The fourth-order valence-electron chi connectivity index (χ4n) is 11.4. The van der Waals surface area contributed by atoms with Gasteiger partial charge in [-0.2, -0.15) is 0 Å². The molecule has 376 valence electrons. The van der Waals surface area contributed by atoms with Gasteiger partial charge in [-0.15, -0.1) is 0 Å². The Labute approximate surface area is 439 Å². The van der Waals surface area contributed by atoms with Crippen molar-refractivity contribution in [3.8, 4) is 58.9 Å². The van der Waals surface area contributed by atoms with E-state index in [0.29, 0.717) is 13.5 Å². The molecule has 6 aliphatic heterocycles. The summed E-state index contributed by atoms with van der Waals surface area (Å²) in [6.45, 7) is 27.2. The Balaban J connectivity index is 1.00. The zero-order valence-electron chi connectivity index (χ0n) is 44.7. The van der Waals surface area contributed by atoms with Crippen molar-refractivity contribution in [2.24, 2.45) is 0 Å². The first-order valence-corrected chi connectivity index (χ1v) is 28.0. The first kappa shape index (κ1) is 51.7. The number of piperazine rings is 6. The van der Waals surface area contributed by atoms with Gasteiger partial charge in [-0.25, -0.2) is 0 Å². The summed E-state index contributed by atoms with van der Waals surface area (Å²) in [5, 5.41) is 0. The molecule has 0 saturated carbocycles. The van der Waals surface area contributed by atoms with Crippen LogP contribution >= 0.6 is 0 Å². The van der Waals surface area contributed by atoms with Crippen LogP contribution in [0, 0.1) is 54.3 Å². The van der Waals surface area contributed by atoms with Crippen LogP contribution in [0.5, 0.6) is 11.5 Å². The number of hydrogen-bond donors (Lipinski definition) is 0. The number of nitrogens with zero attached hydrogens (tertiary/aromatic N) is 4. The normalized spacial score (nSPS) is 22.4. The predicted molar refractivity (Wildman–Crippen MR) is 299 cm³/mol. The molecule has 6 saturated heterocycles. The summed E-state index contributed by atoms with van der Waals surface area (Å²) >= 11 is 0. The van der Waals surface area contributed by atoms with Crippen molar-refractivity contribution in [3.05, 3.63) is 165 Å². The predicted octanol–water partition coefficient (Wildman–Crippen LogP) is 11.3. The van der Waals surface area contributed by atoms with E-state index in [1.807, 2.05) is 0 Å². The maximum Gasteiger partial charge on any atom is 0.224 e. The number of fused-ring (bicyclic) bond motifs is 6. The lowest BCUT2D eigenvalue weighted by Crippen LogP contribution is -2.75. The molecule has 73 heavy (non-hydrogen) atoms. The average molecular weight is 973 g/mol. The lowest BCUT2D eigenvalue weighted by Gasteiger charge is -2.55. The molecule has 0 aliphatic carbocycles. The van der Waals surface area contributed by atoms with Crippen LogP contribution < -0.4 is 9.47 Å². The molecule has 0 unspecified atom stereocenters. The number of unbranched alkanes of at least 4 members (excludes halogenated alkanes) is 6. The minimum atomic E-state index is 0.635. The molecular weight excluding hydrogens is 893 g/mol. The highest BCUT2D eigenvalue weighted by Crippen LogP contribution is 2.34. The van der Waals surface area contributed by atoms with Gasteiger partial charge in [0.25, 0.3) is 0 Å².